The van der Waals surface area contributed by atoms with Crippen molar-refractivity contribution in [1.29, 1.82) is 5.26 Å². The molecular formula is C16H14N4S. The summed E-state index contributed by atoms with van der Waals surface area (Å²) in [5.74, 6) is 0. The summed E-state index contributed by atoms with van der Waals surface area (Å²) in [6.45, 7) is 0. The minimum absolute atomic E-state index is 0.451. The molecule has 0 aliphatic heterocycles. The van der Waals surface area contributed by atoms with Gasteiger partial charge in [0.25, 0.3) is 0 Å². The Balaban J connectivity index is 1.84. The first kappa shape index (κ1) is 13.4. The topological polar surface area (TPSA) is 88.7 Å². The molecule has 1 heterocycles. The maximum Gasteiger partial charge on any atom is 0.195 e. The Bertz CT molecular complexity index is 828. The predicted molar refractivity (Wildman–Crippen MR) is 87.0 cm³/mol. The summed E-state index contributed by atoms with van der Waals surface area (Å²) < 4.78 is 0.971. The van der Waals surface area contributed by atoms with Crippen LogP contribution in [0, 0.1) is 11.3 Å². The van der Waals surface area contributed by atoms with Crippen LogP contribution in [0.3, 0.4) is 0 Å². The molecule has 2 aromatic carbocycles. The van der Waals surface area contributed by atoms with Gasteiger partial charge in [-0.2, -0.15) is 5.26 Å². The molecule has 104 valence electrons. The van der Waals surface area contributed by atoms with Gasteiger partial charge >= 0.3 is 0 Å². The van der Waals surface area contributed by atoms with Crippen molar-refractivity contribution < 1.29 is 0 Å². The van der Waals surface area contributed by atoms with E-state index >= 15 is 0 Å². The Morgan fingerprint density at radius 1 is 1.05 bits per heavy atom. The molecule has 0 saturated carbocycles. The average molecular weight is 294 g/mol. The van der Waals surface area contributed by atoms with Crippen molar-refractivity contribution >= 4 is 32.9 Å². The normalized spacial score (nSPS) is 10.6. The third-order valence-corrected chi connectivity index (χ3v) is 4.27. The highest BCUT2D eigenvalue weighted by atomic mass is 32.1. The monoisotopic (exact) mass is 294 g/mol. The summed E-state index contributed by atoms with van der Waals surface area (Å²) >= 11 is 1.38. The molecule has 1 aromatic heterocycles. The standard InChI is InChI=1S/C16H14N4S/c17-9-15-20-16-13(19)7-11(8-14(16)21-15)2-1-10-3-5-12(18)6-4-10/h3-8H,1-2,18-19H2. The van der Waals surface area contributed by atoms with E-state index in [2.05, 4.69) is 17.1 Å². The highest BCUT2D eigenvalue weighted by Gasteiger charge is 2.08. The van der Waals surface area contributed by atoms with Crippen LogP contribution in [0.1, 0.15) is 16.1 Å². The molecule has 4 nitrogen and oxygen atoms in total. The second kappa shape index (κ2) is 5.43. The van der Waals surface area contributed by atoms with E-state index in [9.17, 15) is 0 Å². The molecule has 0 radical (unpaired) electrons. The minimum atomic E-state index is 0.451. The Labute approximate surface area is 126 Å². The number of anilines is 2. The van der Waals surface area contributed by atoms with Crippen LogP contribution < -0.4 is 11.5 Å². The van der Waals surface area contributed by atoms with Gasteiger partial charge in [-0.05, 0) is 48.2 Å². The Kier molecular flexibility index (Phi) is 3.46. The average Bonchev–Trinajstić information content (AvgIpc) is 2.90. The lowest BCUT2D eigenvalue weighted by Gasteiger charge is -2.04. The number of nitrogens with zero attached hydrogens (tertiary/aromatic N) is 2. The number of nitriles is 1. The Morgan fingerprint density at radius 2 is 1.76 bits per heavy atom. The molecule has 5 heteroatoms. The molecule has 3 rings (SSSR count). The number of aromatic nitrogens is 1. The van der Waals surface area contributed by atoms with Gasteiger partial charge in [0.1, 0.15) is 11.6 Å². The fourth-order valence-electron chi connectivity index (χ4n) is 2.28. The number of nitrogen functional groups attached to an aromatic ring is 2. The zero-order valence-electron chi connectivity index (χ0n) is 11.3. The molecule has 0 aliphatic rings. The van der Waals surface area contributed by atoms with Gasteiger partial charge in [-0.15, -0.1) is 11.3 Å². The highest BCUT2D eigenvalue weighted by molar-refractivity contribution is 7.19. The summed E-state index contributed by atoms with van der Waals surface area (Å²) in [6, 6.07) is 14.0. The van der Waals surface area contributed by atoms with E-state index in [1.165, 1.54) is 16.9 Å². The van der Waals surface area contributed by atoms with E-state index in [0.29, 0.717) is 10.7 Å². The molecular weight excluding hydrogens is 280 g/mol. The molecule has 21 heavy (non-hydrogen) atoms. The molecule has 3 aromatic rings. The zero-order valence-corrected chi connectivity index (χ0v) is 12.2. The molecule has 4 N–H and O–H groups in total. The van der Waals surface area contributed by atoms with Gasteiger partial charge in [0, 0.05) is 5.69 Å². The first-order valence-corrected chi connectivity index (χ1v) is 7.41. The summed E-state index contributed by atoms with van der Waals surface area (Å²) in [7, 11) is 0. The van der Waals surface area contributed by atoms with E-state index < -0.39 is 0 Å². The predicted octanol–water partition coefficient (Wildman–Crippen LogP) is 3.12. The molecule has 0 aliphatic carbocycles. The van der Waals surface area contributed by atoms with Gasteiger partial charge in [-0.25, -0.2) is 4.98 Å². The van der Waals surface area contributed by atoms with Crippen LogP contribution in [-0.4, -0.2) is 4.98 Å². The van der Waals surface area contributed by atoms with Crippen LogP contribution in [0.25, 0.3) is 10.2 Å². The van der Waals surface area contributed by atoms with Crippen LogP contribution in [0.5, 0.6) is 0 Å². The number of rotatable bonds is 3. The first-order valence-electron chi connectivity index (χ1n) is 6.59. The van der Waals surface area contributed by atoms with Crippen molar-refractivity contribution in [3.05, 3.63) is 52.5 Å². The number of benzene rings is 2. The summed E-state index contributed by atoms with van der Waals surface area (Å²) in [6.07, 6.45) is 1.82. The summed E-state index contributed by atoms with van der Waals surface area (Å²) in [5.41, 5.74) is 16.3. The molecule has 0 amide bonds. The quantitative estimate of drug-likeness (QED) is 0.726. The third kappa shape index (κ3) is 2.81. The number of fused-ring (bicyclic) bond motifs is 1. The van der Waals surface area contributed by atoms with E-state index in [1.54, 1.807) is 0 Å². The maximum absolute atomic E-state index is 8.92. The lowest BCUT2D eigenvalue weighted by Crippen LogP contribution is -1.95. The van der Waals surface area contributed by atoms with Crippen molar-refractivity contribution in [2.75, 3.05) is 11.5 Å². The fraction of sp³-hybridized carbons (Fsp3) is 0.125. The van der Waals surface area contributed by atoms with Crippen LogP contribution in [0.2, 0.25) is 0 Å². The van der Waals surface area contributed by atoms with Gasteiger partial charge in [-0.3, -0.25) is 0 Å². The maximum atomic E-state index is 8.92. The molecule has 0 bridgehead atoms. The largest absolute Gasteiger partial charge is 0.399 e. The van der Waals surface area contributed by atoms with Gasteiger partial charge in [-0.1, -0.05) is 12.1 Å². The van der Waals surface area contributed by atoms with Crippen molar-refractivity contribution in [3.63, 3.8) is 0 Å². The second-order valence-corrected chi connectivity index (χ2v) is 5.93. The van der Waals surface area contributed by atoms with Gasteiger partial charge in [0.05, 0.1) is 10.4 Å². The van der Waals surface area contributed by atoms with Gasteiger partial charge < -0.3 is 11.5 Å². The number of hydrogen-bond acceptors (Lipinski definition) is 5. The first-order chi connectivity index (χ1) is 10.2. The third-order valence-electron chi connectivity index (χ3n) is 3.36. The van der Waals surface area contributed by atoms with E-state index in [0.717, 1.165) is 34.3 Å². The zero-order chi connectivity index (χ0) is 14.8. The van der Waals surface area contributed by atoms with Crippen molar-refractivity contribution in [3.8, 4) is 6.07 Å². The molecule has 0 saturated heterocycles. The number of hydrogen-bond donors (Lipinski definition) is 2. The highest BCUT2D eigenvalue weighted by Crippen LogP contribution is 2.28. The van der Waals surface area contributed by atoms with Gasteiger partial charge in [0.2, 0.25) is 0 Å². The molecule has 0 fully saturated rings. The van der Waals surface area contributed by atoms with E-state index in [4.69, 9.17) is 16.7 Å². The van der Waals surface area contributed by atoms with Crippen molar-refractivity contribution in [1.82, 2.24) is 4.98 Å². The number of nitrogens with two attached hydrogens (primary N) is 2. The van der Waals surface area contributed by atoms with Crippen molar-refractivity contribution in [2.45, 2.75) is 12.8 Å². The minimum Gasteiger partial charge on any atom is -0.399 e. The molecule has 0 unspecified atom stereocenters. The number of thiazole rings is 1. The van der Waals surface area contributed by atoms with Crippen LogP contribution in [-0.2, 0) is 12.8 Å². The molecule has 0 atom stereocenters. The summed E-state index contributed by atoms with van der Waals surface area (Å²) in [5, 5.41) is 9.37. The van der Waals surface area contributed by atoms with E-state index in [1.807, 2.05) is 30.3 Å². The van der Waals surface area contributed by atoms with Crippen LogP contribution >= 0.6 is 11.3 Å². The smallest absolute Gasteiger partial charge is 0.195 e. The lowest BCUT2D eigenvalue weighted by atomic mass is 10.0. The lowest BCUT2D eigenvalue weighted by molar-refractivity contribution is 0.963. The van der Waals surface area contributed by atoms with Gasteiger partial charge in [0.15, 0.2) is 5.01 Å². The SMILES string of the molecule is N#Cc1nc2c(N)cc(CCc3ccc(N)cc3)cc2s1. The van der Waals surface area contributed by atoms with Crippen LogP contribution in [0.4, 0.5) is 11.4 Å². The Morgan fingerprint density at radius 3 is 2.48 bits per heavy atom. The van der Waals surface area contributed by atoms with Crippen LogP contribution in [0.15, 0.2) is 36.4 Å². The Hall–Kier alpha value is -2.58. The fourth-order valence-corrected chi connectivity index (χ4v) is 3.14. The number of aryl methyl sites for hydroxylation is 2. The summed E-state index contributed by atoms with van der Waals surface area (Å²) in [4.78, 5) is 4.22. The van der Waals surface area contributed by atoms with E-state index in [-0.39, 0.29) is 0 Å². The second-order valence-electron chi connectivity index (χ2n) is 4.90. The molecule has 0 spiro atoms. The van der Waals surface area contributed by atoms with Crippen molar-refractivity contribution in [2.24, 2.45) is 0 Å².